The molecule has 3 fully saturated rings. The molecule has 0 spiro atoms. The highest BCUT2D eigenvalue weighted by molar-refractivity contribution is 5.24. The molecule has 3 nitrogen and oxygen atoms in total. The Balaban J connectivity index is 1.40. The quantitative estimate of drug-likeness (QED) is 0.336. The molecule has 3 aliphatic rings. The number of rotatable bonds is 8. The lowest BCUT2D eigenvalue weighted by Gasteiger charge is -2.46. The Morgan fingerprint density at radius 2 is 1.75 bits per heavy atom. The first kappa shape index (κ1) is 27.9. The van der Waals surface area contributed by atoms with Crippen molar-refractivity contribution in [3.63, 3.8) is 0 Å². The molecular formula is C33H52O3. The third-order valence-corrected chi connectivity index (χ3v) is 10.7. The van der Waals surface area contributed by atoms with Crippen LogP contribution >= 0.6 is 0 Å². The number of allylic oxidation sites excluding steroid dienone is 2. The molecule has 0 radical (unpaired) electrons. The summed E-state index contributed by atoms with van der Waals surface area (Å²) in [5.74, 6) is 3.02. The monoisotopic (exact) mass is 496 g/mol. The van der Waals surface area contributed by atoms with Crippen LogP contribution in [0.4, 0.5) is 0 Å². The van der Waals surface area contributed by atoms with Gasteiger partial charge in [-0.25, -0.2) is 0 Å². The lowest BCUT2D eigenvalue weighted by atomic mass is 9.59. The zero-order valence-corrected chi connectivity index (χ0v) is 23.4. The average molecular weight is 497 g/mol. The Kier molecular flexibility index (Phi) is 8.74. The van der Waals surface area contributed by atoms with E-state index in [2.05, 4.69) is 32.9 Å². The van der Waals surface area contributed by atoms with E-state index in [1.807, 2.05) is 44.2 Å². The molecular weight excluding hydrogens is 444 g/mol. The van der Waals surface area contributed by atoms with Crippen LogP contribution in [0.2, 0.25) is 0 Å². The second-order valence-corrected chi connectivity index (χ2v) is 13.7. The number of hydrogen-bond acceptors (Lipinski definition) is 3. The van der Waals surface area contributed by atoms with E-state index in [4.69, 9.17) is 0 Å². The van der Waals surface area contributed by atoms with Crippen molar-refractivity contribution in [3.8, 4) is 0 Å². The second kappa shape index (κ2) is 11.3. The maximum atomic E-state index is 11.2. The van der Waals surface area contributed by atoms with Gasteiger partial charge in [0, 0.05) is 5.92 Å². The van der Waals surface area contributed by atoms with Gasteiger partial charge >= 0.3 is 0 Å². The number of benzene rings is 1. The van der Waals surface area contributed by atoms with Crippen molar-refractivity contribution in [2.45, 2.75) is 116 Å². The molecule has 0 aliphatic heterocycles. The van der Waals surface area contributed by atoms with Crippen molar-refractivity contribution in [2.75, 3.05) is 0 Å². The number of hydrogen-bond donors (Lipinski definition) is 3. The molecule has 1 aromatic rings. The van der Waals surface area contributed by atoms with E-state index in [0.717, 1.165) is 36.7 Å². The Morgan fingerprint density at radius 3 is 2.44 bits per heavy atom. The maximum absolute atomic E-state index is 11.2. The molecule has 3 heteroatoms. The number of aliphatic hydroxyl groups excluding tert-OH is 2. The standard InChI is InChI=1S/C33H52O3/c1-22(11-9-19-32(3,4)36)27-17-18-28-24(14-10-20-33(27,28)5)15-16-26-21-29(34)30(31(35)23(26)2)25-12-7-6-8-13-25/h6-8,12-13,15-16,22-24,26-31,34-36H,9-11,14,17-21H2,1-5H3/b16-15-/t22-,23?,24?,26?,27?,28?,29-,30-,31-,33-/m1/s1. The molecule has 36 heavy (non-hydrogen) atoms. The zero-order valence-electron chi connectivity index (χ0n) is 23.4. The lowest BCUT2D eigenvalue weighted by Crippen LogP contribution is -2.43. The van der Waals surface area contributed by atoms with Gasteiger partial charge in [0.15, 0.2) is 0 Å². The molecule has 3 saturated carbocycles. The van der Waals surface area contributed by atoms with Crippen LogP contribution in [0.25, 0.3) is 0 Å². The van der Waals surface area contributed by atoms with Gasteiger partial charge in [-0.1, -0.05) is 82.5 Å². The highest BCUT2D eigenvalue weighted by Crippen LogP contribution is 2.60. The highest BCUT2D eigenvalue weighted by Gasteiger charge is 2.52. The minimum Gasteiger partial charge on any atom is -0.392 e. The Morgan fingerprint density at radius 1 is 1.06 bits per heavy atom. The predicted molar refractivity (Wildman–Crippen MR) is 149 cm³/mol. The molecule has 0 amide bonds. The molecule has 10 atom stereocenters. The molecule has 0 heterocycles. The summed E-state index contributed by atoms with van der Waals surface area (Å²) in [6.45, 7) is 11.0. The second-order valence-electron chi connectivity index (χ2n) is 13.7. The van der Waals surface area contributed by atoms with Gasteiger partial charge in [0.1, 0.15) is 0 Å². The fraction of sp³-hybridized carbons (Fsp3) is 0.758. The highest BCUT2D eigenvalue weighted by atomic mass is 16.3. The SMILES string of the molecule is CC1C(/C=C\C2CCC[C@@]3(C)C2CCC3[C@H](C)CCCC(C)(C)O)C[C@@H](O)[C@@H](c2ccccc2)[C@@H]1O. The number of aliphatic hydroxyl groups is 3. The molecule has 5 unspecified atom stereocenters. The van der Waals surface area contributed by atoms with Crippen LogP contribution in [0.3, 0.4) is 0 Å². The van der Waals surface area contributed by atoms with Crippen molar-refractivity contribution in [3.05, 3.63) is 48.0 Å². The molecule has 4 rings (SSSR count). The predicted octanol–water partition coefficient (Wildman–Crippen LogP) is 7.11. The zero-order chi connectivity index (χ0) is 26.1. The Bertz CT molecular complexity index is 857. The van der Waals surface area contributed by atoms with Gasteiger partial charge in [0.25, 0.3) is 0 Å². The third kappa shape index (κ3) is 5.94. The fourth-order valence-electron chi connectivity index (χ4n) is 8.59. The summed E-state index contributed by atoms with van der Waals surface area (Å²) >= 11 is 0. The van der Waals surface area contributed by atoms with Gasteiger partial charge in [-0.2, -0.15) is 0 Å². The summed E-state index contributed by atoms with van der Waals surface area (Å²) in [6, 6.07) is 10.0. The van der Waals surface area contributed by atoms with E-state index in [-0.39, 0.29) is 17.8 Å². The van der Waals surface area contributed by atoms with Crippen LogP contribution in [0, 0.1) is 40.9 Å². The molecule has 0 bridgehead atoms. The minimum absolute atomic E-state index is 0.136. The molecule has 0 saturated heterocycles. The van der Waals surface area contributed by atoms with Crippen LogP contribution in [0.5, 0.6) is 0 Å². The van der Waals surface area contributed by atoms with Crippen LogP contribution in [-0.2, 0) is 0 Å². The van der Waals surface area contributed by atoms with E-state index >= 15 is 0 Å². The van der Waals surface area contributed by atoms with E-state index in [1.165, 1.54) is 38.5 Å². The Hall–Kier alpha value is -1.16. The maximum Gasteiger partial charge on any atom is 0.0664 e. The van der Waals surface area contributed by atoms with Crippen LogP contribution in [0.1, 0.15) is 104 Å². The molecule has 202 valence electrons. The minimum atomic E-state index is -0.554. The van der Waals surface area contributed by atoms with Crippen molar-refractivity contribution >= 4 is 0 Å². The normalized spacial score (nSPS) is 40.3. The summed E-state index contributed by atoms with van der Waals surface area (Å²) in [4.78, 5) is 0. The van der Waals surface area contributed by atoms with Gasteiger partial charge in [0.2, 0.25) is 0 Å². The molecule has 3 aliphatic carbocycles. The van der Waals surface area contributed by atoms with Crippen LogP contribution < -0.4 is 0 Å². The summed E-state index contributed by atoms with van der Waals surface area (Å²) in [5.41, 5.74) is 0.904. The van der Waals surface area contributed by atoms with Crippen molar-refractivity contribution in [1.29, 1.82) is 0 Å². The number of fused-ring (bicyclic) bond motifs is 1. The largest absolute Gasteiger partial charge is 0.392 e. The van der Waals surface area contributed by atoms with E-state index in [1.54, 1.807) is 0 Å². The van der Waals surface area contributed by atoms with Crippen molar-refractivity contribution in [2.24, 2.45) is 40.9 Å². The van der Waals surface area contributed by atoms with Crippen LogP contribution in [0.15, 0.2) is 42.5 Å². The van der Waals surface area contributed by atoms with E-state index < -0.39 is 17.8 Å². The summed E-state index contributed by atoms with van der Waals surface area (Å²) in [6.07, 6.45) is 14.4. The summed E-state index contributed by atoms with van der Waals surface area (Å²) < 4.78 is 0. The average Bonchev–Trinajstić information content (AvgIpc) is 3.18. The summed E-state index contributed by atoms with van der Waals surface area (Å²) in [7, 11) is 0. The smallest absolute Gasteiger partial charge is 0.0664 e. The lowest BCUT2D eigenvalue weighted by molar-refractivity contribution is -0.0361. The first-order valence-electron chi connectivity index (χ1n) is 14.8. The Labute approximate surface area is 220 Å². The molecule has 0 aromatic heterocycles. The van der Waals surface area contributed by atoms with Crippen LogP contribution in [-0.4, -0.2) is 33.1 Å². The van der Waals surface area contributed by atoms with Gasteiger partial charge in [0.05, 0.1) is 17.8 Å². The molecule has 1 aromatic carbocycles. The van der Waals surface area contributed by atoms with Gasteiger partial charge in [-0.3, -0.25) is 0 Å². The third-order valence-electron chi connectivity index (χ3n) is 10.7. The first-order valence-corrected chi connectivity index (χ1v) is 14.8. The van der Waals surface area contributed by atoms with Gasteiger partial charge in [-0.15, -0.1) is 0 Å². The van der Waals surface area contributed by atoms with Gasteiger partial charge < -0.3 is 15.3 Å². The first-order chi connectivity index (χ1) is 17.0. The van der Waals surface area contributed by atoms with E-state index in [9.17, 15) is 15.3 Å². The topological polar surface area (TPSA) is 60.7 Å². The summed E-state index contributed by atoms with van der Waals surface area (Å²) in [5, 5.41) is 32.3. The fourth-order valence-corrected chi connectivity index (χ4v) is 8.59. The van der Waals surface area contributed by atoms with E-state index in [0.29, 0.717) is 17.3 Å². The molecule has 3 N–H and O–H groups in total. The van der Waals surface area contributed by atoms with Crippen molar-refractivity contribution < 1.29 is 15.3 Å². The van der Waals surface area contributed by atoms with Gasteiger partial charge in [-0.05, 0) is 98.9 Å². The van der Waals surface area contributed by atoms with Crippen molar-refractivity contribution in [1.82, 2.24) is 0 Å².